The van der Waals surface area contributed by atoms with Gasteiger partial charge in [0.05, 0.1) is 0 Å². The number of amides is 1. The van der Waals surface area contributed by atoms with Crippen LogP contribution in [-0.2, 0) is 17.8 Å². The van der Waals surface area contributed by atoms with Crippen molar-refractivity contribution in [3.05, 3.63) is 35.4 Å². The van der Waals surface area contributed by atoms with Gasteiger partial charge in [-0.1, -0.05) is 30.7 Å². The van der Waals surface area contributed by atoms with E-state index in [0.717, 1.165) is 57.4 Å². The Morgan fingerprint density at radius 2 is 1.87 bits per heavy atom. The second kappa shape index (κ2) is 11.0. The van der Waals surface area contributed by atoms with Crippen LogP contribution in [0.3, 0.4) is 0 Å². The van der Waals surface area contributed by atoms with E-state index in [1.54, 1.807) is 0 Å². The molecule has 1 aromatic carbocycles. The average Bonchev–Trinajstić information content (AvgIpc) is 3.27. The van der Waals surface area contributed by atoms with Crippen LogP contribution in [0.1, 0.15) is 49.7 Å². The fraction of sp³-hybridized carbons (Fsp3) is 0.680. The summed E-state index contributed by atoms with van der Waals surface area (Å²) in [5, 5.41) is 3.50. The quantitative estimate of drug-likeness (QED) is 0.433. The predicted octanol–water partition coefficient (Wildman–Crippen LogP) is 2.73. The lowest BCUT2D eigenvalue weighted by atomic mass is 9.99. The molecule has 3 heterocycles. The highest BCUT2D eigenvalue weighted by Gasteiger charge is 2.27. The molecule has 2 fully saturated rings. The van der Waals surface area contributed by atoms with Crippen molar-refractivity contribution in [2.45, 2.75) is 51.5 Å². The Morgan fingerprint density at radius 1 is 1.06 bits per heavy atom. The van der Waals surface area contributed by atoms with E-state index in [1.165, 1.54) is 56.4 Å². The van der Waals surface area contributed by atoms with Gasteiger partial charge in [-0.3, -0.25) is 9.79 Å². The molecule has 6 nitrogen and oxygen atoms in total. The molecule has 1 atom stereocenters. The highest BCUT2D eigenvalue weighted by Crippen LogP contribution is 2.21. The zero-order valence-corrected chi connectivity index (χ0v) is 19.2. The molecule has 0 saturated carbocycles. The molecule has 0 radical (unpaired) electrons. The molecular formula is C25H39N5O. The maximum atomic E-state index is 12.7. The summed E-state index contributed by atoms with van der Waals surface area (Å²) in [6.07, 6.45) is 7.80. The lowest BCUT2D eigenvalue weighted by Gasteiger charge is -2.29. The summed E-state index contributed by atoms with van der Waals surface area (Å²) in [5.41, 5.74) is 2.69. The van der Waals surface area contributed by atoms with Gasteiger partial charge in [-0.2, -0.15) is 0 Å². The summed E-state index contributed by atoms with van der Waals surface area (Å²) in [6, 6.07) is 8.49. The minimum atomic E-state index is 0.272. The Bertz CT molecular complexity index is 758. The number of fused-ring (bicyclic) bond motifs is 1. The molecule has 3 aliphatic heterocycles. The van der Waals surface area contributed by atoms with Crippen LogP contribution in [-0.4, -0.2) is 79.4 Å². The Labute approximate surface area is 187 Å². The molecule has 4 rings (SSSR count). The zero-order chi connectivity index (χ0) is 21.5. The molecule has 0 aromatic heterocycles. The van der Waals surface area contributed by atoms with Crippen LogP contribution in [0.15, 0.2) is 29.3 Å². The lowest BCUT2D eigenvalue weighted by molar-refractivity contribution is -0.132. The van der Waals surface area contributed by atoms with Gasteiger partial charge in [0.2, 0.25) is 5.91 Å². The van der Waals surface area contributed by atoms with E-state index >= 15 is 0 Å². The van der Waals surface area contributed by atoms with E-state index in [2.05, 4.69) is 44.4 Å². The molecule has 0 aliphatic carbocycles. The van der Waals surface area contributed by atoms with Crippen molar-refractivity contribution in [3.8, 4) is 0 Å². The number of guanidine groups is 1. The van der Waals surface area contributed by atoms with Crippen molar-refractivity contribution in [3.63, 3.8) is 0 Å². The fourth-order valence-corrected chi connectivity index (χ4v) is 5.32. The average molecular weight is 426 g/mol. The highest BCUT2D eigenvalue weighted by molar-refractivity contribution is 5.80. The summed E-state index contributed by atoms with van der Waals surface area (Å²) < 4.78 is 0. The SMILES string of the molecule is CN=C(NCCCC(=O)N1CCc2ccccc2C1)N1CCC(CN2CCCCC2)C1. The van der Waals surface area contributed by atoms with Crippen molar-refractivity contribution < 1.29 is 4.79 Å². The molecular weight excluding hydrogens is 386 g/mol. The van der Waals surface area contributed by atoms with Crippen LogP contribution in [0.4, 0.5) is 0 Å². The van der Waals surface area contributed by atoms with Crippen molar-refractivity contribution in [1.82, 2.24) is 20.0 Å². The van der Waals surface area contributed by atoms with Crippen LogP contribution < -0.4 is 5.32 Å². The highest BCUT2D eigenvalue weighted by atomic mass is 16.2. The number of hydrogen-bond acceptors (Lipinski definition) is 3. The number of aliphatic imine (C=N–C) groups is 1. The standard InChI is InChI=1S/C25H39N5O/c1-26-25(30-16-11-21(19-30)18-28-14-5-2-6-15-28)27-13-7-10-24(31)29-17-12-22-8-3-4-9-23(22)20-29/h3-4,8-9,21H,2,5-7,10-20H2,1H3,(H,26,27). The number of rotatable bonds is 6. The second-order valence-corrected chi connectivity index (χ2v) is 9.37. The predicted molar refractivity (Wildman–Crippen MR) is 126 cm³/mol. The number of carbonyl (C=O) groups excluding carboxylic acids is 1. The van der Waals surface area contributed by atoms with Crippen molar-refractivity contribution in [2.75, 3.05) is 52.9 Å². The molecule has 0 bridgehead atoms. The van der Waals surface area contributed by atoms with Crippen LogP contribution >= 0.6 is 0 Å². The monoisotopic (exact) mass is 425 g/mol. The number of hydrogen-bond donors (Lipinski definition) is 1. The summed E-state index contributed by atoms with van der Waals surface area (Å²) in [7, 11) is 1.87. The molecule has 1 unspecified atom stereocenters. The first kappa shape index (κ1) is 22.1. The van der Waals surface area contributed by atoms with Crippen LogP contribution in [0.2, 0.25) is 0 Å². The van der Waals surface area contributed by atoms with Gasteiger partial charge in [0.15, 0.2) is 5.96 Å². The number of piperidine rings is 1. The van der Waals surface area contributed by atoms with Gasteiger partial charge < -0.3 is 20.0 Å². The molecule has 1 aromatic rings. The minimum absolute atomic E-state index is 0.272. The number of nitrogens with one attached hydrogen (secondary N) is 1. The molecule has 1 N–H and O–H groups in total. The molecule has 6 heteroatoms. The molecule has 3 aliphatic rings. The summed E-state index contributed by atoms with van der Waals surface area (Å²) in [5.74, 6) is 2.02. The third kappa shape index (κ3) is 6.00. The van der Waals surface area contributed by atoms with Crippen LogP contribution in [0, 0.1) is 5.92 Å². The normalized spacial score (nSPS) is 22.5. The van der Waals surface area contributed by atoms with Crippen molar-refractivity contribution in [1.29, 1.82) is 0 Å². The van der Waals surface area contributed by atoms with Gasteiger partial charge in [0.25, 0.3) is 0 Å². The van der Waals surface area contributed by atoms with E-state index in [-0.39, 0.29) is 5.91 Å². The van der Waals surface area contributed by atoms with E-state index in [9.17, 15) is 4.79 Å². The minimum Gasteiger partial charge on any atom is -0.356 e. The van der Waals surface area contributed by atoms with E-state index < -0.39 is 0 Å². The molecule has 31 heavy (non-hydrogen) atoms. The first-order valence-electron chi connectivity index (χ1n) is 12.3. The van der Waals surface area contributed by atoms with Gasteiger partial charge in [0, 0.05) is 52.7 Å². The largest absolute Gasteiger partial charge is 0.356 e. The lowest BCUT2D eigenvalue weighted by Crippen LogP contribution is -2.42. The molecule has 170 valence electrons. The van der Waals surface area contributed by atoms with Gasteiger partial charge in [0.1, 0.15) is 0 Å². The molecule has 2 saturated heterocycles. The fourth-order valence-electron chi connectivity index (χ4n) is 5.32. The summed E-state index contributed by atoms with van der Waals surface area (Å²) >= 11 is 0. The third-order valence-electron chi connectivity index (χ3n) is 7.10. The number of nitrogens with zero attached hydrogens (tertiary/aromatic N) is 4. The Morgan fingerprint density at radius 3 is 2.68 bits per heavy atom. The summed E-state index contributed by atoms with van der Waals surface area (Å²) in [6.45, 7) is 8.39. The van der Waals surface area contributed by atoms with E-state index in [4.69, 9.17) is 0 Å². The Kier molecular flexibility index (Phi) is 7.84. The Hall–Kier alpha value is -2.08. The topological polar surface area (TPSA) is 51.2 Å². The van der Waals surface area contributed by atoms with Crippen LogP contribution in [0.5, 0.6) is 0 Å². The first-order valence-corrected chi connectivity index (χ1v) is 12.3. The first-order chi connectivity index (χ1) is 15.2. The second-order valence-electron chi connectivity index (χ2n) is 9.37. The maximum absolute atomic E-state index is 12.7. The van der Waals surface area contributed by atoms with Crippen LogP contribution in [0.25, 0.3) is 0 Å². The molecule has 1 amide bonds. The maximum Gasteiger partial charge on any atom is 0.222 e. The van der Waals surface area contributed by atoms with E-state index in [1.807, 2.05) is 11.9 Å². The zero-order valence-electron chi connectivity index (χ0n) is 19.2. The molecule has 0 spiro atoms. The third-order valence-corrected chi connectivity index (χ3v) is 7.10. The number of likely N-dealkylation sites (tertiary alicyclic amines) is 2. The van der Waals surface area contributed by atoms with Gasteiger partial charge in [-0.05, 0) is 62.2 Å². The number of carbonyl (C=O) groups is 1. The Balaban J connectivity index is 1.15. The van der Waals surface area contributed by atoms with E-state index in [0.29, 0.717) is 6.42 Å². The van der Waals surface area contributed by atoms with Gasteiger partial charge in [-0.15, -0.1) is 0 Å². The smallest absolute Gasteiger partial charge is 0.222 e. The van der Waals surface area contributed by atoms with Gasteiger partial charge in [-0.25, -0.2) is 0 Å². The van der Waals surface area contributed by atoms with Crippen molar-refractivity contribution >= 4 is 11.9 Å². The summed E-state index contributed by atoms with van der Waals surface area (Å²) in [4.78, 5) is 24.2. The van der Waals surface area contributed by atoms with Gasteiger partial charge >= 0.3 is 0 Å². The van der Waals surface area contributed by atoms with Crippen molar-refractivity contribution in [2.24, 2.45) is 10.9 Å². The number of benzene rings is 1.